The third-order valence-electron chi connectivity index (χ3n) is 2.38. The molecular formula is C10H18O3. The lowest BCUT2D eigenvalue weighted by Gasteiger charge is -2.44. The Bertz CT molecular complexity index is 202. The van der Waals surface area contributed by atoms with Gasteiger partial charge in [-0.15, -0.1) is 0 Å². The molecular weight excluding hydrogens is 168 g/mol. The molecule has 1 aliphatic rings. The molecule has 1 rings (SSSR count). The molecule has 0 saturated carbocycles. The zero-order valence-electron chi connectivity index (χ0n) is 8.76. The van der Waals surface area contributed by atoms with E-state index in [2.05, 4.69) is 0 Å². The fourth-order valence-electron chi connectivity index (χ4n) is 2.26. The summed E-state index contributed by atoms with van der Waals surface area (Å²) in [5.74, 6) is -0.969. The Labute approximate surface area is 79.1 Å². The van der Waals surface area contributed by atoms with E-state index in [4.69, 9.17) is 9.84 Å². The van der Waals surface area contributed by atoms with Gasteiger partial charge in [0, 0.05) is 0 Å². The van der Waals surface area contributed by atoms with E-state index in [0.717, 1.165) is 0 Å². The highest BCUT2D eigenvalue weighted by atomic mass is 16.5. The molecule has 1 heterocycles. The largest absolute Gasteiger partial charge is 0.481 e. The molecule has 1 saturated heterocycles. The van der Waals surface area contributed by atoms with Crippen LogP contribution in [0.25, 0.3) is 0 Å². The Balaban J connectivity index is 2.78. The minimum absolute atomic E-state index is 0.265. The number of carboxylic acids is 1. The summed E-state index contributed by atoms with van der Waals surface area (Å²) in [6, 6.07) is 0. The van der Waals surface area contributed by atoms with E-state index in [0.29, 0.717) is 12.8 Å². The lowest BCUT2D eigenvalue weighted by atomic mass is 9.81. The molecule has 13 heavy (non-hydrogen) atoms. The van der Waals surface area contributed by atoms with Gasteiger partial charge < -0.3 is 9.84 Å². The van der Waals surface area contributed by atoms with Gasteiger partial charge in [-0.05, 0) is 40.5 Å². The van der Waals surface area contributed by atoms with Crippen LogP contribution in [0, 0.1) is 5.92 Å². The van der Waals surface area contributed by atoms with E-state index in [1.165, 1.54) is 0 Å². The number of hydrogen-bond donors (Lipinski definition) is 1. The molecule has 1 N–H and O–H groups in total. The maximum atomic E-state index is 10.9. The summed E-state index contributed by atoms with van der Waals surface area (Å²) in [5, 5.41) is 8.95. The first kappa shape index (κ1) is 10.5. The average Bonchev–Trinajstić information content (AvgIpc) is 1.79. The first-order chi connectivity index (χ1) is 5.72. The van der Waals surface area contributed by atoms with Crippen LogP contribution in [0.15, 0.2) is 0 Å². The molecule has 0 aromatic rings. The third-order valence-corrected chi connectivity index (χ3v) is 2.38. The van der Waals surface area contributed by atoms with E-state index in [1.807, 2.05) is 27.7 Å². The quantitative estimate of drug-likeness (QED) is 0.681. The molecule has 3 nitrogen and oxygen atoms in total. The molecule has 0 spiro atoms. The molecule has 0 radical (unpaired) electrons. The number of hydrogen-bond acceptors (Lipinski definition) is 2. The van der Waals surface area contributed by atoms with Crippen LogP contribution in [-0.2, 0) is 9.53 Å². The number of carbonyl (C=O) groups is 1. The molecule has 0 amide bonds. The standard InChI is InChI=1S/C10H18O3/c1-9(2)5-7(8(11)12)6-10(3,4)13-9/h7H,5-6H2,1-4H3,(H,11,12). The highest BCUT2D eigenvalue weighted by Crippen LogP contribution is 2.38. The van der Waals surface area contributed by atoms with Crippen molar-refractivity contribution in [1.82, 2.24) is 0 Å². The number of aliphatic carboxylic acids is 1. The van der Waals surface area contributed by atoms with Crippen LogP contribution in [0.2, 0.25) is 0 Å². The molecule has 0 atom stereocenters. The summed E-state index contributed by atoms with van der Waals surface area (Å²) in [4.78, 5) is 10.9. The molecule has 0 bridgehead atoms. The van der Waals surface area contributed by atoms with Gasteiger partial charge >= 0.3 is 5.97 Å². The van der Waals surface area contributed by atoms with E-state index < -0.39 is 5.97 Å². The van der Waals surface area contributed by atoms with Gasteiger partial charge in [-0.2, -0.15) is 0 Å². The van der Waals surface area contributed by atoms with E-state index in [9.17, 15) is 4.79 Å². The normalized spacial score (nSPS) is 27.1. The number of ether oxygens (including phenoxy) is 1. The van der Waals surface area contributed by atoms with Crippen LogP contribution < -0.4 is 0 Å². The monoisotopic (exact) mass is 186 g/mol. The third kappa shape index (κ3) is 2.69. The topological polar surface area (TPSA) is 46.5 Å². The zero-order chi connectivity index (χ0) is 10.3. The van der Waals surface area contributed by atoms with Crippen molar-refractivity contribution < 1.29 is 14.6 Å². The summed E-state index contributed by atoms with van der Waals surface area (Å²) in [6.45, 7) is 7.79. The summed E-state index contributed by atoms with van der Waals surface area (Å²) in [7, 11) is 0. The average molecular weight is 186 g/mol. The van der Waals surface area contributed by atoms with E-state index in [-0.39, 0.29) is 17.1 Å². The van der Waals surface area contributed by atoms with Crippen molar-refractivity contribution in [3.63, 3.8) is 0 Å². The van der Waals surface area contributed by atoms with E-state index in [1.54, 1.807) is 0 Å². The van der Waals surface area contributed by atoms with Gasteiger partial charge in [0.25, 0.3) is 0 Å². The predicted octanol–water partition coefficient (Wildman–Crippen LogP) is 2.05. The van der Waals surface area contributed by atoms with Crippen LogP contribution in [0.5, 0.6) is 0 Å². The summed E-state index contributed by atoms with van der Waals surface area (Å²) >= 11 is 0. The first-order valence-corrected chi connectivity index (χ1v) is 4.65. The SMILES string of the molecule is CC1(C)CC(C(=O)O)CC(C)(C)O1. The second kappa shape index (κ2) is 2.98. The summed E-state index contributed by atoms with van der Waals surface area (Å²) < 4.78 is 5.78. The zero-order valence-corrected chi connectivity index (χ0v) is 8.76. The van der Waals surface area contributed by atoms with Gasteiger partial charge in [-0.1, -0.05) is 0 Å². The molecule has 0 aromatic carbocycles. The van der Waals surface area contributed by atoms with Crippen LogP contribution in [-0.4, -0.2) is 22.3 Å². The molecule has 0 unspecified atom stereocenters. The maximum Gasteiger partial charge on any atom is 0.306 e. The van der Waals surface area contributed by atoms with Crippen LogP contribution >= 0.6 is 0 Å². The molecule has 3 heteroatoms. The van der Waals surface area contributed by atoms with E-state index >= 15 is 0 Å². The van der Waals surface area contributed by atoms with Gasteiger partial charge in [0.15, 0.2) is 0 Å². The van der Waals surface area contributed by atoms with Crippen LogP contribution in [0.1, 0.15) is 40.5 Å². The highest BCUT2D eigenvalue weighted by molar-refractivity contribution is 5.70. The number of carboxylic acid groups (broad SMARTS) is 1. The van der Waals surface area contributed by atoms with Gasteiger partial charge in [0.2, 0.25) is 0 Å². The van der Waals surface area contributed by atoms with Crippen molar-refractivity contribution in [2.24, 2.45) is 5.92 Å². The Hall–Kier alpha value is -0.570. The highest BCUT2D eigenvalue weighted by Gasteiger charge is 2.41. The van der Waals surface area contributed by atoms with Crippen molar-refractivity contribution in [1.29, 1.82) is 0 Å². The van der Waals surface area contributed by atoms with Gasteiger partial charge in [-0.25, -0.2) is 0 Å². The fraction of sp³-hybridized carbons (Fsp3) is 0.900. The summed E-state index contributed by atoms with van der Waals surface area (Å²) in [6.07, 6.45) is 1.21. The minimum atomic E-state index is -0.704. The van der Waals surface area contributed by atoms with Crippen molar-refractivity contribution >= 4 is 5.97 Å². The Morgan fingerprint density at radius 2 is 1.62 bits per heavy atom. The molecule has 1 aliphatic heterocycles. The summed E-state index contributed by atoms with van der Waals surface area (Å²) in [5.41, 5.74) is -0.629. The van der Waals surface area contributed by atoms with Crippen molar-refractivity contribution in [2.45, 2.75) is 51.7 Å². The fourth-order valence-corrected chi connectivity index (χ4v) is 2.26. The Morgan fingerprint density at radius 3 is 1.92 bits per heavy atom. The predicted molar refractivity (Wildman–Crippen MR) is 49.6 cm³/mol. The van der Waals surface area contributed by atoms with Gasteiger partial charge in [0.05, 0.1) is 17.1 Å². The van der Waals surface area contributed by atoms with Crippen LogP contribution in [0.4, 0.5) is 0 Å². The van der Waals surface area contributed by atoms with Crippen molar-refractivity contribution in [2.75, 3.05) is 0 Å². The molecule has 1 fully saturated rings. The van der Waals surface area contributed by atoms with Crippen LogP contribution in [0.3, 0.4) is 0 Å². The minimum Gasteiger partial charge on any atom is -0.481 e. The lowest BCUT2D eigenvalue weighted by molar-refractivity contribution is -0.185. The second-order valence-electron chi connectivity index (χ2n) is 5.06. The van der Waals surface area contributed by atoms with Gasteiger partial charge in [-0.3, -0.25) is 4.79 Å². The number of rotatable bonds is 1. The van der Waals surface area contributed by atoms with Crippen molar-refractivity contribution in [3.05, 3.63) is 0 Å². The smallest absolute Gasteiger partial charge is 0.306 e. The van der Waals surface area contributed by atoms with Gasteiger partial charge in [0.1, 0.15) is 0 Å². The Kier molecular flexibility index (Phi) is 2.41. The maximum absolute atomic E-state index is 10.9. The second-order valence-corrected chi connectivity index (χ2v) is 5.06. The lowest BCUT2D eigenvalue weighted by Crippen LogP contribution is -2.47. The molecule has 0 aromatic heterocycles. The molecule has 76 valence electrons. The molecule has 0 aliphatic carbocycles. The Morgan fingerprint density at radius 1 is 1.23 bits per heavy atom. The van der Waals surface area contributed by atoms with Crippen molar-refractivity contribution in [3.8, 4) is 0 Å². The first-order valence-electron chi connectivity index (χ1n) is 4.65.